The Morgan fingerprint density at radius 3 is 2.71 bits per heavy atom. The topological polar surface area (TPSA) is 100 Å². The zero-order chi connectivity index (χ0) is 20.0. The third-order valence-corrected chi connectivity index (χ3v) is 5.40. The van der Waals surface area contributed by atoms with Gasteiger partial charge in [-0.05, 0) is 45.8 Å². The van der Waals surface area contributed by atoms with Crippen molar-refractivity contribution < 1.29 is 24.2 Å². The van der Waals surface area contributed by atoms with Gasteiger partial charge in [0.25, 0.3) is 5.91 Å². The van der Waals surface area contributed by atoms with Gasteiger partial charge in [-0.3, -0.25) is 9.59 Å². The summed E-state index contributed by atoms with van der Waals surface area (Å²) in [5.74, 6) is -0.403. The van der Waals surface area contributed by atoms with E-state index in [2.05, 4.69) is 15.9 Å². The lowest BCUT2D eigenvalue weighted by atomic mass is 9.98. The molecule has 8 heteroatoms. The number of phenols is 1. The van der Waals surface area contributed by atoms with Crippen molar-refractivity contribution in [1.29, 1.82) is 0 Å². The first-order valence-electron chi connectivity index (χ1n) is 8.52. The van der Waals surface area contributed by atoms with Crippen LogP contribution in [0.15, 0.2) is 50.1 Å². The molecule has 2 heterocycles. The van der Waals surface area contributed by atoms with Crippen LogP contribution >= 0.6 is 15.9 Å². The molecule has 28 heavy (non-hydrogen) atoms. The van der Waals surface area contributed by atoms with Crippen molar-refractivity contribution in [2.75, 3.05) is 20.3 Å². The van der Waals surface area contributed by atoms with Gasteiger partial charge >= 0.3 is 0 Å². The Balaban J connectivity index is 2.02. The van der Waals surface area contributed by atoms with Crippen molar-refractivity contribution in [3.8, 4) is 11.5 Å². The highest BCUT2D eigenvalue weighted by molar-refractivity contribution is 9.10. The molecule has 1 atom stereocenters. The van der Waals surface area contributed by atoms with Crippen molar-refractivity contribution in [1.82, 2.24) is 4.90 Å². The monoisotopic (exact) mass is 445 g/mol. The molecule has 0 radical (unpaired) electrons. The smallest absolute Gasteiger partial charge is 0.290 e. The minimum atomic E-state index is -0.777. The number of carbonyl (C=O) groups excluding carboxylic acids is 1. The molecule has 0 fully saturated rings. The van der Waals surface area contributed by atoms with Gasteiger partial charge in [0.15, 0.2) is 16.9 Å². The molecular formula is C20H16BrNO6. The lowest BCUT2D eigenvalue weighted by Crippen LogP contribution is -2.32. The number of aromatic hydroxyl groups is 1. The molecule has 2 N–H and O–H groups in total. The molecule has 7 nitrogen and oxygen atoms in total. The number of hydrogen-bond acceptors (Lipinski definition) is 6. The Morgan fingerprint density at radius 2 is 2.00 bits per heavy atom. The van der Waals surface area contributed by atoms with Crippen LogP contribution in [-0.2, 0) is 0 Å². The van der Waals surface area contributed by atoms with Gasteiger partial charge in [-0.1, -0.05) is 12.1 Å². The third kappa shape index (κ3) is 2.68. The van der Waals surface area contributed by atoms with Gasteiger partial charge in [-0.2, -0.15) is 0 Å². The van der Waals surface area contributed by atoms with E-state index in [9.17, 15) is 19.8 Å². The molecule has 1 amide bonds. The SMILES string of the molecule is COc1cc([C@@H]2c3c(oc4ccccc4c3=O)C(=O)N2CCO)cc(Br)c1O. The van der Waals surface area contributed by atoms with Crippen LogP contribution < -0.4 is 10.2 Å². The molecule has 4 rings (SSSR count). The first kappa shape index (κ1) is 18.5. The second kappa shape index (κ2) is 6.96. The molecule has 1 aromatic heterocycles. The fourth-order valence-corrected chi connectivity index (χ4v) is 4.02. The summed E-state index contributed by atoms with van der Waals surface area (Å²) in [5, 5.41) is 19.9. The van der Waals surface area contributed by atoms with Gasteiger partial charge in [0, 0.05) is 6.54 Å². The van der Waals surface area contributed by atoms with E-state index in [4.69, 9.17) is 9.15 Å². The predicted molar refractivity (Wildman–Crippen MR) is 105 cm³/mol. The molecule has 3 aromatic rings. The molecule has 2 aromatic carbocycles. The molecule has 0 unspecified atom stereocenters. The van der Waals surface area contributed by atoms with Crippen molar-refractivity contribution in [2.24, 2.45) is 0 Å². The number of fused-ring (bicyclic) bond motifs is 2. The van der Waals surface area contributed by atoms with Gasteiger partial charge in [0.2, 0.25) is 5.76 Å². The van der Waals surface area contributed by atoms with Crippen LogP contribution in [0.4, 0.5) is 0 Å². The number of halogens is 1. The number of carbonyl (C=O) groups is 1. The number of methoxy groups -OCH3 is 1. The highest BCUT2D eigenvalue weighted by Gasteiger charge is 2.42. The summed E-state index contributed by atoms with van der Waals surface area (Å²) >= 11 is 3.27. The largest absolute Gasteiger partial charge is 0.503 e. The maximum Gasteiger partial charge on any atom is 0.290 e. The Kier molecular flexibility index (Phi) is 4.60. The number of hydrogen-bond donors (Lipinski definition) is 2. The summed E-state index contributed by atoms with van der Waals surface area (Å²) in [7, 11) is 1.41. The standard InChI is InChI=1S/C20H16BrNO6/c1-27-14-9-10(8-12(21)18(14)25)16-15-17(24)11-4-2-3-5-13(11)28-19(15)20(26)22(16)6-7-23/h2-5,8-9,16,23,25H,6-7H2,1H3/t16-/m1/s1. The van der Waals surface area contributed by atoms with Crippen LogP contribution in [0.3, 0.4) is 0 Å². The molecule has 1 aliphatic rings. The second-order valence-corrected chi connectivity index (χ2v) is 7.20. The first-order chi connectivity index (χ1) is 13.5. The Labute approximate surface area is 167 Å². The lowest BCUT2D eigenvalue weighted by molar-refractivity contribution is 0.0691. The van der Waals surface area contributed by atoms with E-state index in [1.165, 1.54) is 12.0 Å². The average molecular weight is 446 g/mol. The van der Waals surface area contributed by atoms with E-state index >= 15 is 0 Å². The molecule has 1 aliphatic heterocycles. The normalized spacial score (nSPS) is 15.9. The lowest BCUT2D eigenvalue weighted by Gasteiger charge is -2.25. The number of rotatable bonds is 4. The number of amides is 1. The summed E-state index contributed by atoms with van der Waals surface area (Å²) < 4.78 is 11.3. The predicted octanol–water partition coefficient (Wildman–Crippen LogP) is 2.81. The number of ether oxygens (including phenoxy) is 1. The molecule has 0 spiro atoms. The zero-order valence-electron chi connectivity index (χ0n) is 14.8. The summed E-state index contributed by atoms with van der Waals surface area (Å²) in [6.07, 6.45) is 0. The molecule has 144 valence electrons. The van der Waals surface area contributed by atoms with Gasteiger partial charge in [-0.15, -0.1) is 0 Å². The molecular weight excluding hydrogens is 430 g/mol. The van der Waals surface area contributed by atoms with Crippen molar-refractivity contribution >= 4 is 32.8 Å². The van der Waals surface area contributed by atoms with Crippen molar-refractivity contribution in [3.63, 3.8) is 0 Å². The quantitative estimate of drug-likeness (QED) is 0.640. The molecule has 0 saturated heterocycles. The first-order valence-corrected chi connectivity index (χ1v) is 9.31. The van der Waals surface area contributed by atoms with Crippen LogP contribution in [0.25, 0.3) is 11.0 Å². The van der Waals surface area contributed by atoms with E-state index < -0.39 is 11.9 Å². The molecule has 0 saturated carbocycles. The number of β-amino-alcohol motifs (C(OH)–C–C–N with tert-alkyl or cyclic N) is 1. The summed E-state index contributed by atoms with van der Waals surface area (Å²) in [6.45, 7) is -0.259. The highest BCUT2D eigenvalue weighted by atomic mass is 79.9. The van der Waals surface area contributed by atoms with E-state index in [1.807, 2.05) is 0 Å². The van der Waals surface area contributed by atoms with E-state index in [0.717, 1.165) is 0 Å². The van der Waals surface area contributed by atoms with E-state index in [0.29, 0.717) is 21.0 Å². The maximum atomic E-state index is 13.2. The van der Waals surface area contributed by atoms with Crippen LogP contribution in [0.2, 0.25) is 0 Å². The van der Waals surface area contributed by atoms with E-state index in [1.54, 1.807) is 36.4 Å². The minimum absolute atomic E-state index is 0.0182. The fourth-order valence-electron chi connectivity index (χ4n) is 3.56. The van der Waals surface area contributed by atoms with Gasteiger partial charge in [0.05, 0.1) is 35.2 Å². The zero-order valence-corrected chi connectivity index (χ0v) is 16.4. The van der Waals surface area contributed by atoms with Crippen LogP contribution in [0.1, 0.15) is 27.7 Å². The second-order valence-electron chi connectivity index (χ2n) is 6.35. The fraction of sp³-hybridized carbons (Fsp3) is 0.200. The van der Waals surface area contributed by atoms with Gasteiger partial charge in [0.1, 0.15) is 5.58 Å². The average Bonchev–Trinajstić information content (AvgIpc) is 2.97. The number of benzene rings is 2. The number of aliphatic hydroxyl groups excluding tert-OH is 1. The summed E-state index contributed by atoms with van der Waals surface area (Å²) in [6, 6.07) is 9.13. The van der Waals surface area contributed by atoms with Crippen LogP contribution in [0.5, 0.6) is 11.5 Å². The van der Waals surface area contributed by atoms with Crippen LogP contribution in [-0.4, -0.2) is 41.3 Å². The van der Waals surface area contributed by atoms with Crippen molar-refractivity contribution in [3.05, 3.63) is 68.0 Å². The Morgan fingerprint density at radius 1 is 1.25 bits per heavy atom. The Bertz CT molecular complexity index is 1160. The summed E-state index contributed by atoms with van der Waals surface area (Å²) in [4.78, 5) is 27.6. The van der Waals surface area contributed by atoms with Gasteiger partial charge in [-0.25, -0.2) is 0 Å². The number of phenolic OH excluding ortho intramolecular Hbond substituents is 1. The Hall–Kier alpha value is -2.84. The number of aliphatic hydroxyl groups is 1. The molecule has 0 bridgehead atoms. The van der Waals surface area contributed by atoms with E-state index in [-0.39, 0.29) is 41.4 Å². The number of para-hydroxylation sites is 1. The summed E-state index contributed by atoms with van der Waals surface area (Å²) in [5.41, 5.74) is 0.772. The van der Waals surface area contributed by atoms with Gasteiger partial charge < -0.3 is 24.3 Å². The van der Waals surface area contributed by atoms with Crippen LogP contribution in [0, 0.1) is 0 Å². The minimum Gasteiger partial charge on any atom is -0.503 e. The number of nitrogens with zero attached hydrogens (tertiary/aromatic N) is 1. The maximum absolute atomic E-state index is 13.2. The highest BCUT2D eigenvalue weighted by Crippen LogP contribution is 2.43. The molecule has 0 aliphatic carbocycles. The third-order valence-electron chi connectivity index (χ3n) is 4.80. The van der Waals surface area contributed by atoms with Crippen molar-refractivity contribution in [2.45, 2.75) is 6.04 Å².